The highest BCUT2D eigenvalue weighted by molar-refractivity contribution is 5.94. The zero-order valence-corrected chi connectivity index (χ0v) is 12.5. The molecule has 0 aliphatic heterocycles. The smallest absolute Gasteiger partial charge is 0.404 e. The summed E-state index contributed by atoms with van der Waals surface area (Å²) in [5, 5.41) is 13.6. The lowest BCUT2D eigenvalue weighted by molar-refractivity contribution is -0.117. The maximum absolute atomic E-state index is 12.1. The number of hydrogen-bond acceptors (Lipinski definition) is 3. The molecule has 1 atom stereocenters. The molecule has 0 spiro atoms. The van der Waals surface area contributed by atoms with E-state index in [0.29, 0.717) is 12.1 Å². The normalized spacial score (nSPS) is 11.5. The first-order valence-corrected chi connectivity index (χ1v) is 7.20. The standard InChI is InChI=1S/C17H19N3O3/c18-15(10-12-4-2-1-3-5-12)16(21)20-14-8-6-13(7-9-14)11-19-17(22)23/h1-9,15,19H,10-11,18H2,(H,20,21)(H,22,23). The van der Waals surface area contributed by atoms with Gasteiger partial charge in [0.25, 0.3) is 0 Å². The molecular weight excluding hydrogens is 294 g/mol. The van der Waals surface area contributed by atoms with E-state index >= 15 is 0 Å². The molecular formula is C17H19N3O3. The fraction of sp³-hybridized carbons (Fsp3) is 0.176. The van der Waals surface area contributed by atoms with E-state index in [2.05, 4.69) is 10.6 Å². The molecule has 0 saturated heterocycles. The topological polar surface area (TPSA) is 104 Å². The molecule has 0 saturated carbocycles. The third-order valence-corrected chi connectivity index (χ3v) is 3.30. The van der Waals surface area contributed by atoms with Crippen molar-refractivity contribution < 1.29 is 14.7 Å². The van der Waals surface area contributed by atoms with E-state index in [1.165, 1.54) is 0 Å². The van der Waals surface area contributed by atoms with Gasteiger partial charge in [0, 0.05) is 12.2 Å². The molecule has 2 amide bonds. The van der Waals surface area contributed by atoms with E-state index in [1.54, 1.807) is 24.3 Å². The third kappa shape index (κ3) is 5.44. The molecule has 0 radical (unpaired) electrons. The lowest BCUT2D eigenvalue weighted by Crippen LogP contribution is -2.37. The number of benzene rings is 2. The molecule has 6 heteroatoms. The summed E-state index contributed by atoms with van der Waals surface area (Å²) in [6, 6.07) is 15.9. The Morgan fingerprint density at radius 2 is 1.65 bits per heavy atom. The Morgan fingerprint density at radius 1 is 1.00 bits per heavy atom. The van der Waals surface area contributed by atoms with Crippen LogP contribution >= 0.6 is 0 Å². The summed E-state index contributed by atoms with van der Waals surface area (Å²) in [4.78, 5) is 22.5. The van der Waals surface area contributed by atoms with Gasteiger partial charge in [-0.15, -0.1) is 0 Å². The van der Waals surface area contributed by atoms with Gasteiger partial charge in [-0.05, 0) is 29.7 Å². The summed E-state index contributed by atoms with van der Waals surface area (Å²) in [5.41, 5.74) is 8.35. The highest BCUT2D eigenvalue weighted by atomic mass is 16.4. The van der Waals surface area contributed by atoms with Crippen molar-refractivity contribution in [3.63, 3.8) is 0 Å². The summed E-state index contributed by atoms with van der Waals surface area (Å²) in [7, 11) is 0. The van der Waals surface area contributed by atoms with Crippen molar-refractivity contribution in [1.82, 2.24) is 5.32 Å². The van der Waals surface area contributed by atoms with Crippen LogP contribution in [-0.2, 0) is 17.8 Å². The number of rotatable bonds is 6. The lowest BCUT2D eigenvalue weighted by atomic mass is 10.1. The SMILES string of the molecule is NC(Cc1ccccc1)C(=O)Nc1ccc(CNC(=O)O)cc1. The number of carboxylic acid groups (broad SMARTS) is 1. The quantitative estimate of drug-likeness (QED) is 0.654. The molecule has 2 rings (SSSR count). The number of nitrogens with one attached hydrogen (secondary N) is 2. The van der Waals surface area contributed by atoms with Gasteiger partial charge >= 0.3 is 6.09 Å². The van der Waals surface area contributed by atoms with Crippen LogP contribution in [0.4, 0.5) is 10.5 Å². The summed E-state index contributed by atoms with van der Waals surface area (Å²) < 4.78 is 0. The second kappa shape index (κ2) is 7.95. The van der Waals surface area contributed by atoms with Crippen molar-refractivity contribution in [1.29, 1.82) is 0 Å². The molecule has 0 heterocycles. The van der Waals surface area contributed by atoms with Crippen LogP contribution in [0.15, 0.2) is 54.6 Å². The Balaban J connectivity index is 1.88. The monoisotopic (exact) mass is 313 g/mol. The molecule has 2 aromatic carbocycles. The van der Waals surface area contributed by atoms with Crippen LogP contribution in [0.1, 0.15) is 11.1 Å². The van der Waals surface area contributed by atoms with E-state index in [9.17, 15) is 9.59 Å². The van der Waals surface area contributed by atoms with Crippen LogP contribution < -0.4 is 16.4 Å². The molecule has 23 heavy (non-hydrogen) atoms. The van der Waals surface area contributed by atoms with Crippen LogP contribution in [0.25, 0.3) is 0 Å². The van der Waals surface area contributed by atoms with Gasteiger partial charge in [-0.25, -0.2) is 4.79 Å². The second-order valence-electron chi connectivity index (χ2n) is 5.14. The Labute approximate surface area is 134 Å². The number of carbonyl (C=O) groups excluding carboxylic acids is 1. The van der Waals surface area contributed by atoms with Gasteiger partial charge in [-0.3, -0.25) is 4.79 Å². The maximum atomic E-state index is 12.1. The van der Waals surface area contributed by atoms with Crippen molar-refractivity contribution in [2.45, 2.75) is 19.0 Å². The minimum absolute atomic E-state index is 0.219. The van der Waals surface area contributed by atoms with E-state index in [1.807, 2.05) is 30.3 Å². The highest BCUT2D eigenvalue weighted by Gasteiger charge is 2.14. The molecule has 6 nitrogen and oxygen atoms in total. The predicted octanol–water partition coefficient (Wildman–Crippen LogP) is 1.96. The largest absolute Gasteiger partial charge is 0.465 e. The van der Waals surface area contributed by atoms with Crippen LogP contribution in [0.3, 0.4) is 0 Å². The fourth-order valence-corrected chi connectivity index (χ4v) is 2.08. The molecule has 2 aromatic rings. The van der Waals surface area contributed by atoms with Crippen molar-refractivity contribution in [3.05, 3.63) is 65.7 Å². The van der Waals surface area contributed by atoms with Crippen LogP contribution in [0, 0.1) is 0 Å². The second-order valence-corrected chi connectivity index (χ2v) is 5.14. The average Bonchev–Trinajstić information content (AvgIpc) is 2.55. The molecule has 5 N–H and O–H groups in total. The van der Waals surface area contributed by atoms with E-state index in [0.717, 1.165) is 11.1 Å². The van der Waals surface area contributed by atoms with Crippen LogP contribution in [0.2, 0.25) is 0 Å². The highest BCUT2D eigenvalue weighted by Crippen LogP contribution is 2.11. The minimum atomic E-state index is -1.07. The number of carbonyl (C=O) groups is 2. The summed E-state index contributed by atoms with van der Waals surface area (Å²) in [6.07, 6.45) is -0.609. The first kappa shape index (κ1) is 16.5. The van der Waals surface area contributed by atoms with Crippen molar-refractivity contribution >= 4 is 17.7 Å². The van der Waals surface area contributed by atoms with Gasteiger partial charge < -0.3 is 21.5 Å². The van der Waals surface area contributed by atoms with Gasteiger partial charge in [0.1, 0.15) is 0 Å². The Kier molecular flexibility index (Phi) is 5.71. The third-order valence-electron chi connectivity index (χ3n) is 3.30. The Morgan fingerprint density at radius 3 is 2.26 bits per heavy atom. The van der Waals surface area contributed by atoms with E-state index in [-0.39, 0.29) is 12.5 Å². The summed E-state index contributed by atoms with van der Waals surface area (Å²) >= 11 is 0. The van der Waals surface area contributed by atoms with Gasteiger partial charge in [-0.2, -0.15) is 0 Å². The molecule has 0 aliphatic rings. The summed E-state index contributed by atoms with van der Waals surface area (Å²) in [6.45, 7) is 0.219. The Bertz CT molecular complexity index is 657. The molecule has 0 aliphatic carbocycles. The number of amides is 2. The minimum Gasteiger partial charge on any atom is -0.465 e. The van der Waals surface area contributed by atoms with Crippen LogP contribution in [-0.4, -0.2) is 23.1 Å². The Hall–Kier alpha value is -2.86. The summed E-state index contributed by atoms with van der Waals surface area (Å²) in [5.74, 6) is -0.259. The van der Waals surface area contributed by atoms with Crippen LogP contribution in [0.5, 0.6) is 0 Å². The van der Waals surface area contributed by atoms with Gasteiger partial charge in [-0.1, -0.05) is 42.5 Å². The van der Waals surface area contributed by atoms with Gasteiger partial charge in [0.05, 0.1) is 6.04 Å². The molecule has 1 unspecified atom stereocenters. The average molecular weight is 313 g/mol. The van der Waals surface area contributed by atoms with E-state index in [4.69, 9.17) is 10.8 Å². The van der Waals surface area contributed by atoms with Crippen molar-refractivity contribution in [3.8, 4) is 0 Å². The molecule has 0 aromatic heterocycles. The number of nitrogens with two attached hydrogens (primary N) is 1. The first-order valence-electron chi connectivity index (χ1n) is 7.20. The van der Waals surface area contributed by atoms with Crippen molar-refractivity contribution in [2.24, 2.45) is 5.73 Å². The molecule has 0 bridgehead atoms. The maximum Gasteiger partial charge on any atom is 0.404 e. The van der Waals surface area contributed by atoms with Crippen molar-refractivity contribution in [2.75, 3.05) is 5.32 Å². The predicted molar refractivity (Wildman–Crippen MR) is 88.1 cm³/mol. The molecule has 120 valence electrons. The number of hydrogen-bond donors (Lipinski definition) is 4. The van der Waals surface area contributed by atoms with Gasteiger partial charge in [0.2, 0.25) is 5.91 Å². The molecule has 0 fully saturated rings. The zero-order valence-electron chi connectivity index (χ0n) is 12.5. The lowest BCUT2D eigenvalue weighted by Gasteiger charge is -2.12. The van der Waals surface area contributed by atoms with Gasteiger partial charge in [0.15, 0.2) is 0 Å². The zero-order chi connectivity index (χ0) is 16.7. The fourth-order valence-electron chi connectivity index (χ4n) is 2.08. The number of anilines is 1. The van der Waals surface area contributed by atoms with E-state index < -0.39 is 12.1 Å². The first-order chi connectivity index (χ1) is 11.0.